The molecule has 0 bridgehead atoms. The smallest absolute Gasteiger partial charge is 0.410 e. The van der Waals surface area contributed by atoms with Gasteiger partial charge in [-0.25, -0.2) is 4.79 Å². The van der Waals surface area contributed by atoms with Crippen molar-refractivity contribution in [3.8, 4) is 0 Å². The number of ether oxygens (including phenoxy) is 1. The average molecular weight is 271 g/mol. The van der Waals surface area contributed by atoms with Crippen LogP contribution in [0.3, 0.4) is 0 Å². The van der Waals surface area contributed by atoms with Crippen LogP contribution in [0.2, 0.25) is 0 Å². The van der Waals surface area contributed by atoms with E-state index in [2.05, 4.69) is 27.7 Å². The third-order valence-electron chi connectivity index (χ3n) is 2.94. The van der Waals surface area contributed by atoms with E-state index in [0.29, 0.717) is 5.92 Å². The Balaban J connectivity index is 0.000000459. The van der Waals surface area contributed by atoms with Crippen LogP contribution >= 0.6 is 0 Å². The number of amides is 1. The number of carbonyl (C=O) groups excluding carboxylic acids is 1. The zero-order valence-electron chi connectivity index (χ0n) is 14.0. The number of nitrogens with zero attached hydrogens (tertiary/aromatic N) is 1. The maximum Gasteiger partial charge on any atom is 0.410 e. The van der Waals surface area contributed by atoms with Crippen molar-refractivity contribution in [1.29, 1.82) is 0 Å². The minimum absolute atomic E-state index is 0.170. The second-order valence-corrected chi connectivity index (χ2v) is 7.00. The standard InChI is InChI=1S/C10H19NO2.C6H14/c1-8-5-6-11(7-8)9(12)13-10(2,3)4;1-4-5-6(2)3/h8H,5-7H2,1-4H3;6H,4-5H2,1-3H3. The van der Waals surface area contributed by atoms with E-state index in [1.165, 1.54) is 12.8 Å². The van der Waals surface area contributed by atoms with Crippen molar-refractivity contribution in [2.45, 2.75) is 73.3 Å². The molecule has 1 heterocycles. The molecule has 1 saturated heterocycles. The lowest BCUT2D eigenvalue weighted by Gasteiger charge is -2.24. The number of likely N-dealkylation sites (tertiary alicyclic amines) is 1. The highest BCUT2D eigenvalue weighted by atomic mass is 16.6. The second-order valence-electron chi connectivity index (χ2n) is 7.00. The van der Waals surface area contributed by atoms with Gasteiger partial charge in [0.15, 0.2) is 0 Å². The summed E-state index contributed by atoms with van der Waals surface area (Å²) in [6.45, 7) is 16.3. The number of hydrogen-bond acceptors (Lipinski definition) is 2. The quantitative estimate of drug-likeness (QED) is 0.728. The molecule has 1 aliphatic heterocycles. The molecule has 0 aromatic carbocycles. The molecule has 19 heavy (non-hydrogen) atoms. The topological polar surface area (TPSA) is 29.5 Å². The maximum atomic E-state index is 11.5. The highest BCUT2D eigenvalue weighted by Gasteiger charge is 2.27. The molecular formula is C16H33NO2. The molecule has 0 aromatic heterocycles. The molecular weight excluding hydrogens is 238 g/mol. The molecule has 0 saturated carbocycles. The van der Waals surface area contributed by atoms with Crippen molar-refractivity contribution < 1.29 is 9.53 Å². The number of rotatable bonds is 2. The van der Waals surface area contributed by atoms with Gasteiger partial charge < -0.3 is 9.64 Å². The summed E-state index contributed by atoms with van der Waals surface area (Å²) in [6, 6.07) is 0. The summed E-state index contributed by atoms with van der Waals surface area (Å²) in [5, 5.41) is 0. The van der Waals surface area contributed by atoms with Gasteiger partial charge in [-0.15, -0.1) is 0 Å². The van der Waals surface area contributed by atoms with Crippen molar-refractivity contribution >= 4 is 6.09 Å². The van der Waals surface area contributed by atoms with Gasteiger partial charge in [0.25, 0.3) is 0 Å². The predicted molar refractivity (Wildman–Crippen MR) is 81.3 cm³/mol. The molecule has 0 N–H and O–H groups in total. The first kappa shape index (κ1) is 18.3. The van der Waals surface area contributed by atoms with E-state index in [1.54, 1.807) is 4.90 Å². The van der Waals surface area contributed by atoms with Crippen molar-refractivity contribution in [2.24, 2.45) is 11.8 Å². The Labute approximate surface area is 119 Å². The summed E-state index contributed by atoms with van der Waals surface area (Å²) < 4.78 is 5.26. The fourth-order valence-electron chi connectivity index (χ4n) is 2.00. The van der Waals surface area contributed by atoms with Crippen LogP contribution in [0.5, 0.6) is 0 Å². The van der Waals surface area contributed by atoms with Crippen molar-refractivity contribution in [2.75, 3.05) is 13.1 Å². The van der Waals surface area contributed by atoms with Crippen molar-refractivity contribution in [1.82, 2.24) is 4.90 Å². The van der Waals surface area contributed by atoms with Gasteiger partial charge in [-0.3, -0.25) is 0 Å². The zero-order chi connectivity index (χ0) is 15.1. The fraction of sp³-hybridized carbons (Fsp3) is 0.938. The Kier molecular flexibility index (Phi) is 8.12. The van der Waals surface area contributed by atoms with E-state index in [1.807, 2.05) is 20.8 Å². The van der Waals surface area contributed by atoms with Gasteiger partial charge >= 0.3 is 6.09 Å². The number of carbonyl (C=O) groups is 1. The Morgan fingerprint density at radius 3 is 2.21 bits per heavy atom. The van der Waals surface area contributed by atoms with Crippen LogP contribution in [0.1, 0.15) is 67.7 Å². The summed E-state index contributed by atoms with van der Waals surface area (Å²) in [7, 11) is 0. The molecule has 0 spiro atoms. The summed E-state index contributed by atoms with van der Waals surface area (Å²) in [6.07, 6.45) is 3.63. The Morgan fingerprint density at radius 2 is 1.95 bits per heavy atom. The summed E-state index contributed by atoms with van der Waals surface area (Å²) in [5.41, 5.74) is -0.372. The molecule has 1 rings (SSSR count). The fourth-order valence-corrected chi connectivity index (χ4v) is 2.00. The van der Waals surface area contributed by atoms with E-state index in [4.69, 9.17) is 4.74 Å². The SMILES string of the molecule is CC1CCN(C(=O)OC(C)(C)C)C1.CCCC(C)C. The lowest BCUT2D eigenvalue weighted by Crippen LogP contribution is -2.35. The van der Waals surface area contributed by atoms with Crippen LogP contribution in [0.25, 0.3) is 0 Å². The van der Waals surface area contributed by atoms with Crippen molar-refractivity contribution in [3.05, 3.63) is 0 Å². The molecule has 0 aromatic rings. The molecule has 1 unspecified atom stereocenters. The second kappa shape index (κ2) is 8.44. The first-order chi connectivity index (χ1) is 8.65. The summed E-state index contributed by atoms with van der Waals surface area (Å²) >= 11 is 0. The Hall–Kier alpha value is -0.730. The van der Waals surface area contributed by atoms with Gasteiger partial charge in [-0.2, -0.15) is 0 Å². The molecule has 114 valence electrons. The highest BCUT2D eigenvalue weighted by Crippen LogP contribution is 2.18. The van der Waals surface area contributed by atoms with Gasteiger partial charge in [-0.05, 0) is 39.0 Å². The molecule has 1 aliphatic rings. The Bertz CT molecular complexity index is 256. The number of hydrogen-bond donors (Lipinski definition) is 0. The van der Waals surface area contributed by atoms with Crippen LogP contribution in [0.4, 0.5) is 4.79 Å². The van der Waals surface area contributed by atoms with Crippen LogP contribution in [0, 0.1) is 11.8 Å². The van der Waals surface area contributed by atoms with Crippen LogP contribution < -0.4 is 0 Å². The molecule has 3 heteroatoms. The lowest BCUT2D eigenvalue weighted by molar-refractivity contribution is 0.0289. The minimum Gasteiger partial charge on any atom is -0.444 e. The summed E-state index contributed by atoms with van der Waals surface area (Å²) in [5.74, 6) is 1.52. The molecule has 0 aliphatic carbocycles. The largest absolute Gasteiger partial charge is 0.444 e. The normalized spacial score (nSPS) is 19.2. The average Bonchev–Trinajstić information content (AvgIpc) is 2.63. The van der Waals surface area contributed by atoms with Gasteiger partial charge in [0, 0.05) is 13.1 Å². The first-order valence-electron chi connectivity index (χ1n) is 7.63. The van der Waals surface area contributed by atoms with Gasteiger partial charge in [0.05, 0.1) is 0 Å². The summed E-state index contributed by atoms with van der Waals surface area (Å²) in [4.78, 5) is 13.3. The zero-order valence-corrected chi connectivity index (χ0v) is 14.0. The van der Waals surface area contributed by atoms with Gasteiger partial charge in [0.1, 0.15) is 5.60 Å². The monoisotopic (exact) mass is 271 g/mol. The van der Waals surface area contributed by atoms with Crippen molar-refractivity contribution in [3.63, 3.8) is 0 Å². The third-order valence-corrected chi connectivity index (χ3v) is 2.94. The molecule has 3 nitrogen and oxygen atoms in total. The van der Waals surface area contributed by atoms with E-state index in [9.17, 15) is 4.79 Å². The van der Waals surface area contributed by atoms with Crippen LogP contribution in [-0.2, 0) is 4.74 Å². The third kappa shape index (κ3) is 9.80. The minimum atomic E-state index is -0.372. The first-order valence-corrected chi connectivity index (χ1v) is 7.63. The van der Waals surface area contributed by atoms with E-state index in [-0.39, 0.29) is 11.7 Å². The molecule has 0 radical (unpaired) electrons. The lowest BCUT2D eigenvalue weighted by atomic mass is 10.1. The predicted octanol–water partition coefficient (Wildman–Crippen LogP) is 4.71. The Morgan fingerprint density at radius 1 is 1.37 bits per heavy atom. The van der Waals surface area contributed by atoms with E-state index < -0.39 is 0 Å². The van der Waals surface area contributed by atoms with Gasteiger partial charge in [-0.1, -0.05) is 40.5 Å². The van der Waals surface area contributed by atoms with E-state index >= 15 is 0 Å². The molecule has 1 atom stereocenters. The van der Waals surface area contributed by atoms with E-state index in [0.717, 1.165) is 25.4 Å². The molecule has 1 amide bonds. The maximum absolute atomic E-state index is 11.5. The highest BCUT2D eigenvalue weighted by molar-refractivity contribution is 5.68. The van der Waals surface area contributed by atoms with Crippen LogP contribution in [0.15, 0.2) is 0 Å². The molecule has 1 fully saturated rings. The van der Waals surface area contributed by atoms with Crippen LogP contribution in [-0.4, -0.2) is 29.7 Å². The van der Waals surface area contributed by atoms with Gasteiger partial charge in [0.2, 0.25) is 0 Å².